The SMILES string of the molecule is CCc1ccccc1NC(=O)[C@H]1CC(c2cc(OC)ccc2OC)=NO1. The molecule has 6 nitrogen and oxygen atoms in total. The first kappa shape index (κ1) is 17.8. The molecule has 0 saturated carbocycles. The molecular formula is C20H22N2O4. The number of amides is 1. The lowest BCUT2D eigenvalue weighted by molar-refractivity contribution is -0.125. The predicted molar refractivity (Wildman–Crippen MR) is 100 cm³/mol. The van der Waals surface area contributed by atoms with Gasteiger partial charge in [-0.05, 0) is 36.2 Å². The molecular weight excluding hydrogens is 332 g/mol. The summed E-state index contributed by atoms with van der Waals surface area (Å²) >= 11 is 0. The second-order valence-electron chi connectivity index (χ2n) is 5.90. The quantitative estimate of drug-likeness (QED) is 0.863. The van der Waals surface area contributed by atoms with Gasteiger partial charge >= 0.3 is 0 Å². The van der Waals surface area contributed by atoms with Gasteiger partial charge in [0.25, 0.3) is 5.91 Å². The number of ether oxygens (including phenoxy) is 2. The van der Waals surface area contributed by atoms with Crippen molar-refractivity contribution >= 4 is 17.3 Å². The Hall–Kier alpha value is -3.02. The molecule has 2 aromatic rings. The van der Waals surface area contributed by atoms with Crippen molar-refractivity contribution in [2.45, 2.75) is 25.9 Å². The van der Waals surface area contributed by atoms with Crippen LogP contribution in [-0.4, -0.2) is 31.9 Å². The highest BCUT2D eigenvalue weighted by molar-refractivity contribution is 6.07. The first-order chi connectivity index (χ1) is 12.7. The second kappa shape index (κ2) is 7.91. The number of rotatable bonds is 6. The van der Waals surface area contributed by atoms with Crippen LogP contribution in [0.15, 0.2) is 47.6 Å². The highest BCUT2D eigenvalue weighted by Crippen LogP contribution is 2.29. The Bertz CT molecular complexity index is 832. The number of methoxy groups -OCH3 is 2. The first-order valence-electron chi connectivity index (χ1n) is 8.50. The summed E-state index contributed by atoms with van der Waals surface area (Å²) in [5, 5.41) is 7.03. The molecule has 1 N–H and O–H groups in total. The Kier molecular flexibility index (Phi) is 5.41. The van der Waals surface area contributed by atoms with E-state index in [1.807, 2.05) is 49.4 Å². The van der Waals surface area contributed by atoms with Crippen molar-refractivity contribution < 1.29 is 19.1 Å². The van der Waals surface area contributed by atoms with E-state index in [2.05, 4.69) is 10.5 Å². The van der Waals surface area contributed by atoms with Crippen LogP contribution >= 0.6 is 0 Å². The number of hydrogen-bond donors (Lipinski definition) is 1. The number of benzene rings is 2. The summed E-state index contributed by atoms with van der Waals surface area (Å²) < 4.78 is 10.6. The van der Waals surface area contributed by atoms with Gasteiger partial charge in [0.2, 0.25) is 6.10 Å². The molecule has 0 aliphatic carbocycles. The number of hydrogen-bond acceptors (Lipinski definition) is 5. The maximum absolute atomic E-state index is 12.6. The van der Waals surface area contributed by atoms with Crippen LogP contribution in [0.5, 0.6) is 11.5 Å². The minimum absolute atomic E-state index is 0.216. The van der Waals surface area contributed by atoms with Gasteiger partial charge in [0.15, 0.2) is 0 Å². The lowest BCUT2D eigenvalue weighted by Gasteiger charge is -2.13. The predicted octanol–water partition coefficient (Wildman–Crippen LogP) is 3.40. The normalized spacial score (nSPS) is 15.8. The maximum Gasteiger partial charge on any atom is 0.268 e. The van der Waals surface area contributed by atoms with E-state index in [0.717, 1.165) is 23.2 Å². The average Bonchev–Trinajstić information content (AvgIpc) is 3.18. The minimum atomic E-state index is -0.675. The lowest BCUT2D eigenvalue weighted by atomic mass is 10.0. The van der Waals surface area contributed by atoms with Gasteiger partial charge in [-0.25, -0.2) is 0 Å². The summed E-state index contributed by atoms with van der Waals surface area (Å²) in [5.74, 6) is 1.13. The highest BCUT2D eigenvalue weighted by atomic mass is 16.6. The molecule has 1 amide bonds. The van der Waals surface area contributed by atoms with E-state index in [9.17, 15) is 4.79 Å². The number of nitrogens with zero attached hydrogens (tertiary/aromatic N) is 1. The van der Waals surface area contributed by atoms with Crippen LogP contribution in [0.1, 0.15) is 24.5 Å². The largest absolute Gasteiger partial charge is 0.497 e. The molecule has 0 fully saturated rings. The molecule has 0 radical (unpaired) electrons. The fourth-order valence-electron chi connectivity index (χ4n) is 2.88. The third-order valence-corrected chi connectivity index (χ3v) is 4.33. The molecule has 0 aromatic heterocycles. The number of oxime groups is 1. The van der Waals surface area contributed by atoms with Crippen LogP contribution in [0.2, 0.25) is 0 Å². The molecule has 26 heavy (non-hydrogen) atoms. The van der Waals surface area contributed by atoms with Gasteiger partial charge in [-0.2, -0.15) is 0 Å². The van der Waals surface area contributed by atoms with Crippen molar-refractivity contribution in [3.63, 3.8) is 0 Å². The van der Waals surface area contributed by atoms with E-state index in [4.69, 9.17) is 14.3 Å². The van der Waals surface area contributed by atoms with Crippen LogP contribution in [0.4, 0.5) is 5.69 Å². The van der Waals surface area contributed by atoms with Crippen LogP contribution < -0.4 is 14.8 Å². The van der Waals surface area contributed by atoms with Crippen molar-refractivity contribution in [1.82, 2.24) is 0 Å². The summed E-state index contributed by atoms with van der Waals surface area (Å²) in [6.45, 7) is 2.05. The zero-order valence-electron chi connectivity index (χ0n) is 15.1. The monoisotopic (exact) mass is 354 g/mol. The van der Waals surface area contributed by atoms with Gasteiger partial charge < -0.3 is 19.6 Å². The average molecular weight is 354 g/mol. The third-order valence-electron chi connectivity index (χ3n) is 4.33. The molecule has 0 spiro atoms. The molecule has 0 unspecified atom stereocenters. The Balaban J connectivity index is 1.73. The Morgan fingerprint density at radius 1 is 1.23 bits per heavy atom. The summed E-state index contributed by atoms with van der Waals surface area (Å²) in [6.07, 6.45) is 0.528. The third kappa shape index (κ3) is 3.64. The molecule has 1 atom stereocenters. The fourth-order valence-corrected chi connectivity index (χ4v) is 2.88. The van der Waals surface area contributed by atoms with Crippen molar-refractivity contribution in [3.8, 4) is 11.5 Å². The first-order valence-corrected chi connectivity index (χ1v) is 8.50. The van der Waals surface area contributed by atoms with E-state index in [1.54, 1.807) is 14.2 Å². The van der Waals surface area contributed by atoms with Crippen LogP contribution in [0, 0.1) is 0 Å². The molecule has 3 rings (SSSR count). The minimum Gasteiger partial charge on any atom is -0.497 e. The van der Waals surface area contributed by atoms with E-state index >= 15 is 0 Å². The number of nitrogens with one attached hydrogen (secondary N) is 1. The van der Waals surface area contributed by atoms with Crippen molar-refractivity contribution in [2.24, 2.45) is 5.16 Å². The second-order valence-corrected chi connectivity index (χ2v) is 5.90. The standard InChI is InChI=1S/C20H22N2O4/c1-4-13-7-5-6-8-16(13)21-20(23)19-12-17(22-26-19)15-11-14(24-2)9-10-18(15)25-3/h5-11,19H,4,12H2,1-3H3,(H,21,23)/t19-/m1/s1. The van der Waals surface area contributed by atoms with Gasteiger partial charge in [0.05, 0.1) is 19.9 Å². The number of aryl methyl sites for hydroxylation is 1. The van der Waals surface area contributed by atoms with Gasteiger partial charge in [-0.15, -0.1) is 0 Å². The van der Waals surface area contributed by atoms with E-state index in [1.165, 1.54) is 0 Å². The van der Waals surface area contributed by atoms with Crippen molar-refractivity contribution in [3.05, 3.63) is 53.6 Å². The van der Waals surface area contributed by atoms with Gasteiger partial charge in [-0.3, -0.25) is 4.79 Å². The number of carbonyl (C=O) groups excluding carboxylic acids is 1. The molecule has 1 heterocycles. The molecule has 1 aliphatic rings. The Morgan fingerprint density at radius 2 is 2.04 bits per heavy atom. The van der Waals surface area contributed by atoms with Crippen molar-refractivity contribution in [2.75, 3.05) is 19.5 Å². The number of carbonyl (C=O) groups is 1. The van der Waals surface area contributed by atoms with E-state index in [0.29, 0.717) is 23.6 Å². The maximum atomic E-state index is 12.6. The topological polar surface area (TPSA) is 69.2 Å². The summed E-state index contributed by atoms with van der Waals surface area (Å²) in [5.41, 5.74) is 3.30. The Labute approximate surface area is 152 Å². The van der Waals surface area contributed by atoms with Crippen LogP contribution in [0.25, 0.3) is 0 Å². The summed E-state index contributed by atoms with van der Waals surface area (Å²) in [6, 6.07) is 13.2. The van der Waals surface area contributed by atoms with Crippen LogP contribution in [-0.2, 0) is 16.1 Å². The zero-order chi connectivity index (χ0) is 18.5. The van der Waals surface area contributed by atoms with Gasteiger partial charge in [0, 0.05) is 17.7 Å². The Morgan fingerprint density at radius 3 is 2.77 bits per heavy atom. The molecule has 1 aliphatic heterocycles. The lowest BCUT2D eigenvalue weighted by Crippen LogP contribution is -2.28. The number of anilines is 1. The van der Waals surface area contributed by atoms with E-state index in [-0.39, 0.29) is 5.91 Å². The molecule has 0 saturated heterocycles. The van der Waals surface area contributed by atoms with Crippen molar-refractivity contribution in [1.29, 1.82) is 0 Å². The summed E-state index contributed by atoms with van der Waals surface area (Å²) in [7, 11) is 3.19. The molecule has 6 heteroatoms. The smallest absolute Gasteiger partial charge is 0.268 e. The number of para-hydroxylation sites is 1. The zero-order valence-corrected chi connectivity index (χ0v) is 15.1. The molecule has 0 bridgehead atoms. The molecule has 2 aromatic carbocycles. The molecule has 136 valence electrons. The van der Waals surface area contributed by atoms with Gasteiger partial charge in [-0.1, -0.05) is 30.3 Å². The van der Waals surface area contributed by atoms with Crippen LogP contribution in [0.3, 0.4) is 0 Å². The van der Waals surface area contributed by atoms with Gasteiger partial charge in [0.1, 0.15) is 11.5 Å². The highest BCUT2D eigenvalue weighted by Gasteiger charge is 2.30. The summed E-state index contributed by atoms with van der Waals surface area (Å²) in [4.78, 5) is 18.0. The van der Waals surface area contributed by atoms with E-state index < -0.39 is 6.10 Å². The fraction of sp³-hybridized carbons (Fsp3) is 0.300.